The van der Waals surface area contributed by atoms with Gasteiger partial charge in [-0.2, -0.15) is 0 Å². The molecule has 1 heterocycles. The molecular weight excluding hydrogens is 299 g/mol. The van der Waals surface area contributed by atoms with Crippen LogP contribution in [0.1, 0.15) is 0 Å². The number of hydrogen-bond donors (Lipinski definition) is 0. The third-order valence-corrected chi connectivity index (χ3v) is 3.24. The first-order chi connectivity index (χ1) is 7.18. The van der Waals surface area contributed by atoms with E-state index in [1.807, 2.05) is 18.2 Å². The van der Waals surface area contributed by atoms with Crippen molar-refractivity contribution in [2.24, 2.45) is 0 Å². The van der Waals surface area contributed by atoms with Crippen molar-refractivity contribution in [3.05, 3.63) is 45.1 Å². The quantitative estimate of drug-likeness (QED) is 0.737. The van der Waals surface area contributed by atoms with Gasteiger partial charge in [0.2, 0.25) is 0 Å². The van der Waals surface area contributed by atoms with Gasteiger partial charge in [0.25, 0.3) is 0 Å². The Hall–Kier alpha value is -0.640. The zero-order valence-electron chi connectivity index (χ0n) is 7.42. The summed E-state index contributed by atoms with van der Waals surface area (Å²) < 4.78 is 0.667. The topological polar surface area (TPSA) is 25.8 Å². The maximum absolute atomic E-state index is 6.02. The number of hydrogen-bond acceptors (Lipinski definition) is 2. The van der Waals surface area contributed by atoms with E-state index in [4.69, 9.17) is 23.2 Å². The van der Waals surface area contributed by atoms with Gasteiger partial charge in [-0.05, 0) is 28.1 Å². The Bertz CT molecular complexity index is 503. The molecule has 2 nitrogen and oxygen atoms in total. The van der Waals surface area contributed by atoms with Gasteiger partial charge in [-0.1, -0.05) is 35.3 Å². The molecule has 0 spiro atoms. The lowest BCUT2D eigenvalue weighted by Crippen LogP contribution is -1.90. The summed E-state index contributed by atoms with van der Waals surface area (Å²) >= 11 is 15.1. The van der Waals surface area contributed by atoms with Gasteiger partial charge < -0.3 is 0 Å². The van der Waals surface area contributed by atoms with E-state index in [1.165, 1.54) is 0 Å². The van der Waals surface area contributed by atoms with E-state index in [9.17, 15) is 0 Å². The molecule has 0 unspecified atom stereocenters. The Morgan fingerprint density at radius 2 is 1.87 bits per heavy atom. The number of halogens is 3. The molecular formula is C10H5BrCl2N2. The number of nitrogens with zero attached hydrogens (tertiary/aromatic N) is 2. The van der Waals surface area contributed by atoms with E-state index in [2.05, 4.69) is 25.9 Å². The largest absolute Gasteiger partial charge is 0.235 e. The molecule has 0 radical (unpaired) electrons. The molecule has 1 aromatic carbocycles. The lowest BCUT2D eigenvalue weighted by atomic mass is 10.2. The fraction of sp³-hybridized carbons (Fsp3) is 0. The van der Waals surface area contributed by atoms with Gasteiger partial charge in [0.05, 0.1) is 9.50 Å². The third-order valence-electron chi connectivity index (χ3n) is 1.82. The molecule has 1 aromatic heterocycles. The Labute approximate surface area is 105 Å². The second kappa shape index (κ2) is 4.47. The first-order valence-corrected chi connectivity index (χ1v) is 5.66. The average Bonchev–Trinajstić information content (AvgIpc) is 2.23. The van der Waals surface area contributed by atoms with Crippen molar-refractivity contribution >= 4 is 39.1 Å². The van der Waals surface area contributed by atoms with Crippen molar-refractivity contribution < 1.29 is 0 Å². The molecule has 2 aromatic rings. The molecule has 0 atom stereocenters. The summed E-state index contributed by atoms with van der Waals surface area (Å²) in [6.45, 7) is 0. The lowest BCUT2D eigenvalue weighted by molar-refractivity contribution is 1.16. The Morgan fingerprint density at radius 3 is 2.53 bits per heavy atom. The number of aromatic nitrogens is 2. The van der Waals surface area contributed by atoms with Gasteiger partial charge in [-0.25, -0.2) is 9.97 Å². The first kappa shape index (κ1) is 10.9. The summed E-state index contributed by atoms with van der Waals surface area (Å²) in [7, 11) is 0. The Kier molecular flexibility index (Phi) is 3.24. The monoisotopic (exact) mass is 302 g/mol. The molecule has 15 heavy (non-hydrogen) atoms. The zero-order valence-corrected chi connectivity index (χ0v) is 10.5. The lowest BCUT2D eigenvalue weighted by Gasteiger charge is -2.03. The van der Waals surface area contributed by atoms with Crippen LogP contribution in [0.2, 0.25) is 10.2 Å². The molecule has 0 saturated carbocycles. The molecule has 0 N–H and O–H groups in total. The van der Waals surface area contributed by atoms with Crippen LogP contribution < -0.4 is 0 Å². The van der Waals surface area contributed by atoms with E-state index in [-0.39, 0.29) is 0 Å². The molecule has 76 valence electrons. The van der Waals surface area contributed by atoms with E-state index in [0.29, 0.717) is 20.5 Å². The predicted octanol–water partition coefficient (Wildman–Crippen LogP) is 4.21. The van der Waals surface area contributed by atoms with Crippen molar-refractivity contribution in [2.75, 3.05) is 0 Å². The average molecular weight is 304 g/mol. The highest BCUT2D eigenvalue weighted by molar-refractivity contribution is 9.10. The van der Waals surface area contributed by atoms with Crippen LogP contribution in [0, 0.1) is 0 Å². The zero-order chi connectivity index (χ0) is 10.8. The summed E-state index contributed by atoms with van der Waals surface area (Å²) in [6.07, 6.45) is 1.61. The van der Waals surface area contributed by atoms with Crippen molar-refractivity contribution in [1.82, 2.24) is 9.97 Å². The summed E-state index contributed by atoms with van der Waals surface area (Å²) in [4.78, 5) is 8.27. The smallest absolute Gasteiger partial charge is 0.162 e. The van der Waals surface area contributed by atoms with E-state index < -0.39 is 0 Å². The predicted molar refractivity (Wildman–Crippen MR) is 65.2 cm³/mol. The van der Waals surface area contributed by atoms with Gasteiger partial charge in [0, 0.05) is 11.8 Å². The molecule has 0 saturated heterocycles. The minimum atomic E-state index is 0.375. The van der Waals surface area contributed by atoms with Crippen molar-refractivity contribution in [3.63, 3.8) is 0 Å². The SMILES string of the molecule is Clc1ccccc1-c1ncc(Br)c(Cl)n1. The summed E-state index contributed by atoms with van der Waals surface area (Å²) in [5.74, 6) is 0.522. The van der Waals surface area contributed by atoms with E-state index >= 15 is 0 Å². The minimum absolute atomic E-state index is 0.375. The molecule has 0 aliphatic heterocycles. The van der Waals surface area contributed by atoms with Gasteiger partial charge in [-0.3, -0.25) is 0 Å². The van der Waals surface area contributed by atoms with Crippen LogP contribution in [0.25, 0.3) is 11.4 Å². The van der Waals surface area contributed by atoms with Crippen LogP contribution >= 0.6 is 39.1 Å². The molecule has 0 aliphatic rings. The van der Waals surface area contributed by atoms with Crippen LogP contribution in [-0.2, 0) is 0 Å². The fourth-order valence-electron chi connectivity index (χ4n) is 1.12. The van der Waals surface area contributed by atoms with Gasteiger partial charge >= 0.3 is 0 Å². The molecule has 2 rings (SSSR count). The Balaban J connectivity index is 2.55. The summed E-state index contributed by atoms with van der Waals surface area (Å²) in [6, 6.07) is 7.37. The molecule has 0 aliphatic carbocycles. The third kappa shape index (κ3) is 2.30. The number of rotatable bonds is 1. The van der Waals surface area contributed by atoms with Crippen LogP contribution in [0.4, 0.5) is 0 Å². The van der Waals surface area contributed by atoms with E-state index in [1.54, 1.807) is 12.3 Å². The normalized spacial score (nSPS) is 10.3. The first-order valence-electron chi connectivity index (χ1n) is 4.11. The van der Waals surface area contributed by atoms with Gasteiger partial charge in [0.1, 0.15) is 5.15 Å². The van der Waals surface area contributed by atoms with Crippen molar-refractivity contribution in [2.45, 2.75) is 0 Å². The van der Waals surface area contributed by atoms with E-state index in [0.717, 1.165) is 5.56 Å². The van der Waals surface area contributed by atoms with Crippen LogP contribution in [0.5, 0.6) is 0 Å². The highest BCUT2D eigenvalue weighted by Gasteiger charge is 2.07. The maximum Gasteiger partial charge on any atom is 0.162 e. The molecule has 0 bridgehead atoms. The van der Waals surface area contributed by atoms with Crippen molar-refractivity contribution in [1.29, 1.82) is 0 Å². The number of benzene rings is 1. The molecule has 5 heteroatoms. The van der Waals surface area contributed by atoms with Gasteiger partial charge in [0.15, 0.2) is 5.82 Å². The highest BCUT2D eigenvalue weighted by Crippen LogP contribution is 2.27. The second-order valence-corrected chi connectivity index (χ2v) is 4.43. The minimum Gasteiger partial charge on any atom is -0.235 e. The van der Waals surface area contributed by atoms with Crippen LogP contribution in [-0.4, -0.2) is 9.97 Å². The highest BCUT2D eigenvalue weighted by atomic mass is 79.9. The van der Waals surface area contributed by atoms with Crippen molar-refractivity contribution in [3.8, 4) is 11.4 Å². The molecule has 0 fully saturated rings. The Morgan fingerprint density at radius 1 is 1.13 bits per heavy atom. The van der Waals surface area contributed by atoms with Crippen LogP contribution in [0.3, 0.4) is 0 Å². The molecule has 0 amide bonds. The van der Waals surface area contributed by atoms with Crippen LogP contribution in [0.15, 0.2) is 34.9 Å². The van der Waals surface area contributed by atoms with Gasteiger partial charge in [-0.15, -0.1) is 0 Å². The second-order valence-electron chi connectivity index (χ2n) is 2.81. The fourth-order valence-corrected chi connectivity index (χ4v) is 1.66. The summed E-state index contributed by atoms with van der Waals surface area (Å²) in [5.41, 5.74) is 0.772. The standard InChI is InChI=1S/C10H5BrCl2N2/c11-7-5-14-10(15-9(7)13)6-3-1-2-4-8(6)12/h1-5H. The maximum atomic E-state index is 6.02. The summed E-state index contributed by atoms with van der Waals surface area (Å²) in [5, 5.41) is 0.982.